The molecule has 0 aliphatic carbocycles. The third-order valence-electron chi connectivity index (χ3n) is 4.86. The summed E-state index contributed by atoms with van der Waals surface area (Å²) in [5.41, 5.74) is 6.06. The van der Waals surface area contributed by atoms with Gasteiger partial charge in [0.1, 0.15) is 12.1 Å². The Labute approximate surface area is 186 Å². The van der Waals surface area contributed by atoms with Crippen LogP contribution in [0.1, 0.15) is 21.5 Å². The first-order valence-corrected chi connectivity index (χ1v) is 10.2. The fourth-order valence-electron chi connectivity index (χ4n) is 3.03. The first-order valence-electron chi connectivity index (χ1n) is 9.81. The number of halogens is 1. The van der Waals surface area contributed by atoms with E-state index in [1.54, 1.807) is 18.2 Å². The third kappa shape index (κ3) is 5.08. The minimum Gasteiger partial charge on any atom is -0.340 e. The van der Waals surface area contributed by atoms with E-state index in [2.05, 4.69) is 39.7 Å². The van der Waals surface area contributed by atoms with E-state index >= 15 is 0 Å². The zero-order valence-electron chi connectivity index (χ0n) is 17.2. The van der Waals surface area contributed by atoms with Gasteiger partial charge < -0.3 is 10.6 Å². The first kappa shape index (κ1) is 20.6. The van der Waals surface area contributed by atoms with Gasteiger partial charge in [0.05, 0.1) is 5.69 Å². The maximum atomic E-state index is 12.5. The van der Waals surface area contributed by atoms with Crippen LogP contribution in [-0.4, -0.2) is 15.9 Å². The maximum Gasteiger partial charge on any atom is 0.255 e. The summed E-state index contributed by atoms with van der Waals surface area (Å²) in [6.07, 6.45) is 1.53. The van der Waals surface area contributed by atoms with E-state index in [9.17, 15) is 4.79 Å². The zero-order chi connectivity index (χ0) is 21.8. The Kier molecular flexibility index (Phi) is 5.96. The molecule has 0 saturated carbocycles. The minimum absolute atomic E-state index is 0.199. The van der Waals surface area contributed by atoms with Crippen LogP contribution in [0.15, 0.2) is 79.1 Å². The fourth-order valence-corrected chi connectivity index (χ4v) is 3.22. The highest BCUT2D eigenvalue weighted by molar-refractivity contribution is 6.31. The number of hydrogen-bond donors (Lipinski definition) is 2. The molecule has 1 amide bonds. The Morgan fingerprint density at radius 1 is 0.839 bits per heavy atom. The predicted octanol–water partition coefficient (Wildman–Crippen LogP) is 6.41. The Bertz CT molecular complexity index is 1220. The number of hydrogen-bond acceptors (Lipinski definition) is 4. The lowest BCUT2D eigenvalue weighted by Gasteiger charge is -2.09. The minimum atomic E-state index is -0.199. The van der Waals surface area contributed by atoms with Crippen LogP contribution >= 0.6 is 11.6 Å². The molecule has 0 spiro atoms. The van der Waals surface area contributed by atoms with Gasteiger partial charge in [-0.2, -0.15) is 0 Å². The highest BCUT2D eigenvalue weighted by Crippen LogP contribution is 2.23. The van der Waals surface area contributed by atoms with Gasteiger partial charge in [0.15, 0.2) is 0 Å². The molecule has 31 heavy (non-hydrogen) atoms. The van der Waals surface area contributed by atoms with Gasteiger partial charge in [0.2, 0.25) is 0 Å². The van der Waals surface area contributed by atoms with Gasteiger partial charge in [0.25, 0.3) is 5.91 Å². The van der Waals surface area contributed by atoms with Gasteiger partial charge in [-0.1, -0.05) is 47.5 Å². The molecule has 0 fully saturated rings. The van der Waals surface area contributed by atoms with Gasteiger partial charge in [-0.05, 0) is 55.8 Å². The monoisotopic (exact) mass is 428 g/mol. The van der Waals surface area contributed by atoms with Crippen LogP contribution in [0.2, 0.25) is 5.02 Å². The number of nitrogens with one attached hydrogen (secondary N) is 2. The van der Waals surface area contributed by atoms with E-state index in [0.717, 1.165) is 22.5 Å². The second-order valence-electron chi connectivity index (χ2n) is 7.27. The van der Waals surface area contributed by atoms with Crippen molar-refractivity contribution in [3.8, 4) is 11.3 Å². The van der Waals surface area contributed by atoms with Crippen LogP contribution in [0.25, 0.3) is 11.3 Å². The Hall–Kier alpha value is -3.70. The van der Waals surface area contributed by atoms with Gasteiger partial charge >= 0.3 is 0 Å². The lowest BCUT2D eigenvalue weighted by atomic mass is 10.1. The molecule has 0 bridgehead atoms. The lowest BCUT2D eigenvalue weighted by Crippen LogP contribution is -2.11. The molecule has 4 aromatic rings. The summed E-state index contributed by atoms with van der Waals surface area (Å²) in [5, 5.41) is 6.73. The molecule has 2 N–H and O–H groups in total. The Balaban J connectivity index is 1.45. The SMILES string of the molecule is Cc1ccc(-c2cc(Nc3ccc(C(=O)Nc4ccc(C)c(Cl)c4)cc3)ncn2)cc1. The lowest BCUT2D eigenvalue weighted by molar-refractivity contribution is 0.102. The van der Waals surface area contributed by atoms with Crippen molar-refractivity contribution in [2.45, 2.75) is 13.8 Å². The molecule has 0 saturated heterocycles. The van der Waals surface area contributed by atoms with Crippen LogP contribution in [0.5, 0.6) is 0 Å². The molecule has 0 unspecified atom stereocenters. The highest BCUT2D eigenvalue weighted by Gasteiger charge is 2.08. The maximum absolute atomic E-state index is 12.5. The van der Waals surface area contributed by atoms with Crippen LogP contribution in [0, 0.1) is 13.8 Å². The van der Waals surface area contributed by atoms with Gasteiger partial charge in [0, 0.05) is 33.6 Å². The molecule has 6 heteroatoms. The Morgan fingerprint density at radius 3 is 2.26 bits per heavy atom. The smallest absolute Gasteiger partial charge is 0.255 e. The van der Waals surface area contributed by atoms with Crippen molar-refractivity contribution in [3.63, 3.8) is 0 Å². The fraction of sp³-hybridized carbons (Fsp3) is 0.0800. The topological polar surface area (TPSA) is 66.9 Å². The van der Waals surface area contributed by atoms with E-state index in [1.165, 1.54) is 11.9 Å². The van der Waals surface area contributed by atoms with Gasteiger partial charge in [-0.15, -0.1) is 0 Å². The van der Waals surface area contributed by atoms with Crippen molar-refractivity contribution < 1.29 is 4.79 Å². The van der Waals surface area contributed by atoms with Crippen LogP contribution in [0.4, 0.5) is 17.2 Å². The van der Waals surface area contributed by atoms with Crippen molar-refractivity contribution in [2.24, 2.45) is 0 Å². The van der Waals surface area contributed by atoms with E-state index in [0.29, 0.717) is 22.1 Å². The number of anilines is 3. The molecule has 5 nitrogen and oxygen atoms in total. The summed E-state index contributed by atoms with van der Waals surface area (Å²) in [7, 11) is 0. The molecule has 0 aliphatic heterocycles. The number of aryl methyl sites for hydroxylation is 2. The normalized spacial score (nSPS) is 10.5. The molecule has 0 atom stereocenters. The van der Waals surface area contributed by atoms with Crippen LogP contribution in [-0.2, 0) is 0 Å². The predicted molar refractivity (Wildman–Crippen MR) is 126 cm³/mol. The molecule has 1 aromatic heterocycles. The van der Waals surface area contributed by atoms with E-state index in [-0.39, 0.29) is 5.91 Å². The van der Waals surface area contributed by atoms with Crippen molar-refractivity contribution in [2.75, 3.05) is 10.6 Å². The van der Waals surface area contributed by atoms with Gasteiger partial charge in [-0.25, -0.2) is 9.97 Å². The van der Waals surface area contributed by atoms with E-state index < -0.39 is 0 Å². The average molecular weight is 429 g/mol. The second kappa shape index (κ2) is 8.98. The number of nitrogens with zero attached hydrogens (tertiary/aromatic N) is 2. The van der Waals surface area contributed by atoms with Crippen molar-refractivity contribution >= 4 is 34.7 Å². The average Bonchev–Trinajstić information content (AvgIpc) is 2.77. The number of amides is 1. The summed E-state index contributed by atoms with van der Waals surface area (Å²) < 4.78 is 0. The molecular weight excluding hydrogens is 408 g/mol. The molecular formula is C25H21ClN4O. The second-order valence-corrected chi connectivity index (χ2v) is 7.68. The first-order chi connectivity index (χ1) is 15.0. The summed E-state index contributed by atoms with van der Waals surface area (Å²) in [6.45, 7) is 3.97. The third-order valence-corrected chi connectivity index (χ3v) is 5.27. The summed E-state index contributed by atoms with van der Waals surface area (Å²) in [4.78, 5) is 21.2. The Morgan fingerprint density at radius 2 is 1.55 bits per heavy atom. The molecule has 0 aliphatic rings. The van der Waals surface area contributed by atoms with Crippen molar-refractivity contribution in [1.29, 1.82) is 0 Å². The zero-order valence-corrected chi connectivity index (χ0v) is 17.9. The molecule has 154 valence electrons. The largest absolute Gasteiger partial charge is 0.340 e. The summed E-state index contributed by atoms with van der Waals surface area (Å²) in [6, 6.07) is 22.7. The highest BCUT2D eigenvalue weighted by atomic mass is 35.5. The van der Waals surface area contributed by atoms with E-state index in [1.807, 2.05) is 49.4 Å². The molecule has 0 radical (unpaired) electrons. The van der Waals surface area contributed by atoms with Crippen molar-refractivity contribution in [1.82, 2.24) is 9.97 Å². The summed E-state index contributed by atoms with van der Waals surface area (Å²) >= 11 is 6.13. The number of carbonyl (C=O) groups excluding carboxylic acids is 1. The van der Waals surface area contributed by atoms with Crippen LogP contribution < -0.4 is 10.6 Å². The van der Waals surface area contributed by atoms with Gasteiger partial charge in [-0.3, -0.25) is 4.79 Å². The standard InChI is InChI=1S/C25H21ClN4O/c1-16-3-6-18(7-4-16)23-14-24(28-15-27-23)29-20-11-8-19(9-12-20)25(31)30-21-10-5-17(2)22(26)13-21/h3-15H,1-2H3,(H,30,31)(H,27,28,29). The van der Waals surface area contributed by atoms with E-state index in [4.69, 9.17) is 11.6 Å². The number of benzene rings is 3. The molecule has 4 rings (SSSR count). The number of aromatic nitrogens is 2. The number of rotatable bonds is 5. The molecule has 1 heterocycles. The quantitative estimate of drug-likeness (QED) is 0.385. The summed E-state index contributed by atoms with van der Waals surface area (Å²) in [5.74, 6) is 0.479. The molecule has 3 aromatic carbocycles. The number of carbonyl (C=O) groups is 1. The van der Waals surface area contributed by atoms with Crippen molar-refractivity contribution in [3.05, 3.63) is 101 Å². The van der Waals surface area contributed by atoms with Crippen LogP contribution in [0.3, 0.4) is 0 Å².